The van der Waals surface area contributed by atoms with Crippen molar-refractivity contribution < 1.29 is 9.32 Å². The molecule has 2 aromatic rings. The Hall–Kier alpha value is -1.92. The summed E-state index contributed by atoms with van der Waals surface area (Å²) in [5.41, 5.74) is 6.48. The highest BCUT2D eigenvalue weighted by Crippen LogP contribution is 2.18. The standard InChI is InChI=1S/C15H20N4O2.ClH/c1-10(16)8-9-13(20)17-11(2)14-18-15(21-19-14)12-6-4-3-5-7-12;/h3-7,10-11H,8-9,16H2,1-2H3,(H,17,20);1H. The fourth-order valence-electron chi connectivity index (χ4n) is 1.85. The van der Waals surface area contributed by atoms with E-state index in [2.05, 4.69) is 15.5 Å². The normalized spacial score (nSPS) is 13.0. The first-order valence-corrected chi connectivity index (χ1v) is 7.00. The second kappa shape index (κ2) is 8.51. The number of nitrogens with two attached hydrogens (primary N) is 1. The lowest BCUT2D eigenvalue weighted by atomic mass is 10.2. The molecule has 0 saturated carbocycles. The number of hydrogen-bond acceptors (Lipinski definition) is 5. The highest BCUT2D eigenvalue weighted by atomic mass is 35.5. The van der Waals surface area contributed by atoms with Crippen molar-refractivity contribution in [3.63, 3.8) is 0 Å². The number of nitrogens with one attached hydrogen (secondary N) is 1. The molecule has 1 aromatic carbocycles. The van der Waals surface area contributed by atoms with Crippen molar-refractivity contribution in [2.45, 2.75) is 38.8 Å². The van der Waals surface area contributed by atoms with Crippen LogP contribution in [0.15, 0.2) is 34.9 Å². The van der Waals surface area contributed by atoms with E-state index in [0.29, 0.717) is 24.6 Å². The number of hydrogen-bond donors (Lipinski definition) is 2. The van der Waals surface area contributed by atoms with Crippen molar-refractivity contribution in [3.8, 4) is 11.5 Å². The maximum atomic E-state index is 11.8. The van der Waals surface area contributed by atoms with Crippen molar-refractivity contribution >= 4 is 18.3 Å². The first kappa shape index (κ1) is 18.1. The number of carbonyl (C=O) groups is 1. The van der Waals surface area contributed by atoms with Crippen LogP contribution in [0.1, 0.15) is 38.6 Å². The molecule has 1 aromatic heterocycles. The van der Waals surface area contributed by atoms with E-state index in [1.165, 1.54) is 0 Å². The van der Waals surface area contributed by atoms with Gasteiger partial charge in [-0.3, -0.25) is 4.79 Å². The zero-order valence-corrected chi connectivity index (χ0v) is 13.5. The fraction of sp³-hybridized carbons (Fsp3) is 0.400. The molecule has 1 amide bonds. The van der Waals surface area contributed by atoms with Crippen LogP contribution >= 0.6 is 12.4 Å². The summed E-state index contributed by atoms with van der Waals surface area (Å²) in [6.07, 6.45) is 1.05. The predicted octanol–water partition coefficient (Wildman–Crippen LogP) is 2.46. The van der Waals surface area contributed by atoms with Gasteiger partial charge in [0.25, 0.3) is 5.89 Å². The summed E-state index contributed by atoms with van der Waals surface area (Å²) in [6, 6.07) is 9.22. The molecule has 7 heteroatoms. The van der Waals surface area contributed by atoms with Gasteiger partial charge in [-0.25, -0.2) is 0 Å². The van der Waals surface area contributed by atoms with E-state index in [-0.39, 0.29) is 30.4 Å². The lowest BCUT2D eigenvalue weighted by Gasteiger charge is -2.10. The second-order valence-corrected chi connectivity index (χ2v) is 5.13. The number of halogens is 1. The third kappa shape index (κ3) is 5.13. The zero-order chi connectivity index (χ0) is 15.2. The Balaban J connectivity index is 0.00000242. The summed E-state index contributed by atoms with van der Waals surface area (Å²) in [7, 11) is 0. The van der Waals surface area contributed by atoms with Crippen LogP contribution in [0.25, 0.3) is 11.5 Å². The van der Waals surface area contributed by atoms with E-state index in [1.54, 1.807) is 0 Å². The smallest absolute Gasteiger partial charge is 0.257 e. The maximum absolute atomic E-state index is 11.8. The summed E-state index contributed by atoms with van der Waals surface area (Å²) < 4.78 is 5.22. The Labute approximate surface area is 135 Å². The van der Waals surface area contributed by atoms with Gasteiger partial charge in [0, 0.05) is 18.0 Å². The second-order valence-electron chi connectivity index (χ2n) is 5.13. The Kier molecular flexibility index (Phi) is 7.01. The van der Waals surface area contributed by atoms with Crippen molar-refractivity contribution in [3.05, 3.63) is 36.2 Å². The van der Waals surface area contributed by atoms with Gasteiger partial charge in [-0.1, -0.05) is 23.4 Å². The molecule has 0 aliphatic carbocycles. The van der Waals surface area contributed by atoms with Crippen molar-refractivity contribution in [2.75, 3.05) is 0 Å². The summed E-state index contributed by atoms with van der Waals surface area (Å²) >= 11 is 0. The van der Waals surface area contributed by atoms with Gasteiger partial charge in [0.2, 0.25) is 5.91 Å². The first-order chi connectivity index (χ1) is 10.1. The number of carbonyl (C=O) groups excluding carboxylic acids is 1. The van der Waals surface area contributed by atoms with Gasteiger partial charge in [0.05, 0.1) is 6.04 Å². The Morgan fingerprint density at radius 2 is 2.00 bits per heavy atom. The molecular formula is C15H21ClN4O2. The number of nitrogens with zero attached hydrogens (tertiary/aromatic N) is 2. The number of benzene rings is 1. The van der Waals surface area contributed by atoms with Gasteiger partial charge >= 0.3 is 0 Å². The average Bonchev–Trinajstić information content (AvgIpc) is 2.96. The third-order valence-corrected chi connectivity index (χ3v) is 3.05. The minimum Gasteiger partial charge on any atom is -0.346 e. The third-order valence-electron chi connectivity index (χ3n) is 3.05. The summed E-state index contributed by atoms with van der Waals surface area (Å²) in [5.74, 6) is 0.844. The van der Waals surface area contributed by atoms with Crippen LogP contribution in [0.4, 0.5) is 0 Å². The van der Waals surface area contributed by atoms with Gasteiger partial charge in [-0.2, -0.15) is 4.98 Å². The van der Waals surface area contributed by atoms with Crippen LogP contribution in [0.2, 0.25) is 0 Å². The molecule has 3 N–H and O–H groups in total. The van der Waals surface area contributed by atoms with Gasteiger partial charge < -0.3 is 15.6 Å². The molecule has 0 fully saturated rings. The molecule has 22 heavy (non-hydrogen) atoms. The molecule has 2 rings (SSSR count). The van der Waals surface area contributed by atoms with Gasteiger partial charge in [0.1, 0.15) is 0 Å². The van der Waals surface area contributed by atoms with Gasteiger partial charge in [-0.05, 0) is 32.4 Å². The molecule has 0 radical (unpaired) electrons. The van der Waals surface area contributed by atoms with Crippen LogP contribution in [0, 0.1) is 0 Å². The molecule has 0 saturated heterocycles. The quantitative estimate of drug-likeness (QED) is 0.851. The van der Waals surface area contributed by atoms with Gasteiger partial charge in [0.15, 0.2) is 5.82 Å². The fourth-order valence-corrected chi connectivity index (χ4v) is 1.85. The van der Waals surface area contributed by atoms with Crippen LogP contribution in [-0.4, -0.2) is 22.1 Å². The topological polar surface area (TPSA) is 94.0 Å². The lowest BCUT2D eigenvalue weighted by Crippen LogP contribution is -2.28. The van der Waals surface area contributed by atoms with Crippen LogP contribution < -0.4 is 11.1 Å². The van der Waals surface area contributed by atoms with Crippen LogP contribution in [-0.2, 0) is 4.79 Å². The average molecular weight is 325 g/mol. The molecule has 0 bridgehead atoms. The molecule has 1 heterocycles. The van der Waals surface area contributed by atoms with E-state index in [0.717, 1.165) is 5.56 Å². The van der Waals surface area contributed by atoms with Gasteiger partial charge in [-0.15, -0.1) is 12.4 Å². The Bertz CT molecular complexity index is 586. The molecule has 2 atom stereocenters. The highest BCUT2D eigenvalue weighted by molar-refractivity contribution is 5.85. The molecule has 2 unspecified atom stereocenters. The Morgan fingerprint density at radius 1 is 1.32 bits per heavy atom. The van der Waals surface area contributed by atoms with Crippen molar-refractivity contribution in [1.82, 2.24) is 15.5 Å². The molecule has 0 aliphatic rings. The summed E-state index contributed by atoms with van der Waals surface area (Å²) in [5, 5.41) is 6.75. The molecule has 0 spiro atoms. The monoisotopic (exact) mass is 324 g/mol. The summed E-state index contributed by atoms with van der Waals surface area (Å²) in [4.78, 5) is 16.1. The van der Waals surface area contributed by atoms with Crippen LogP contribution in [0.5, 0.6) is 0 Å². The zero-order valence-electron chi connectivity index (χ0n) is 12.7. The Morgan fingerprint density at radius 3 is 2.64 bits per heavy atom. The predicted molar refractivity (Wildman–Crippen MR) is 86.4 cm³/mol. The largest absolute Gasteiger partial charge is 0.346 e. The van der Waals surface area contributed by atoms with E-state index >= 15 is 0 Å². The van der Waals surface area contributed by atoms with E-state index in [1.807, 2.05) is 44.2 Å². The maximum Gasteiger partial charge on any atom is 0.257 e. The van der Waals surface area contributed by atoms with E-state index in [4.69, 9.17) is 10.3 Å². The van der Waals surface area contributed by atoms with Crippen molar-refractivity contribution in [1.29, 1.82) is 0 Å². The minimum absolute atomic E-state index is 0. The van der Waals surface area contributed by atoms with Crippen LogP contribution in [0.3, 0.4) is 0 Å². The molecule has 120 valence electrons. The molecular weight excluding hydrogens is 304 g/mol. The highest BCUT2D eigenvalue weighted by Gasteiger charge is 2.16. The first-order valence-electron chi connectivity index (χ1n) is 7.00. The lowest BCUT2D eigenvalue weighted by molar-refractivity contribution is -0.121. The number of rotatable bonds is 6. The molecule has 0 aliphatic heterocycles. The SMILES string of the molecule is CC(N)CCC(=O)NC(C)c1noc(-c2ccccc2)n1.Cl. The molecule has 6 nitrogen and oxygen atoms in total. The number of aromatic nitrogens is 2. The minimum atomic E-state index is -0.299. The van der Waals surface area contributed by atoms with Crippen molar-refractivity contribution in [2.24, 2.45) is 5.73 Å². The number of amides is 1. The van der Waals surface area contributed by atoms with E-state index in [9.17, 15) is 4.79 Å². The van der Waals surface area contributed by atoms with E-state index < -0.39 is 0 Å². The summed E-state index contributed by atoms with van der Waals surface area (Å²) in [6.45, 7) is 3.70.